The summed E-state index contributed by atoms with van der Waals surface area (Å²) in [6.07, 6.45) is 8.74. The van der Waals surface area contributed by atoms with Crippen molar-refractivity contribution in [2.75, 3.05) is 7.11 Å². The average Bonchev–Trinajstić information content (AvgIpc) is 3.55. The highest BCUT2D eigenvalue weighted by Gasteiger charge is 2.54. The molecule has 31 heavy (non-hydrogen) atoms. The summed E-state index contributed by atoms with van der Waals surface area (Å²) in [5, 5.41) is 0.468. The van der Waals surface area contributed by atoms with Gasteiger partial charge in [0.15, 0.2) is 5.79 Å². The Morgan fingerprint density at radius 3 is 2.65 bits per heavy atom. The SMILES string of the molecule is COC1(OC(C)C)C=C(C2(C(=O)NS(=O)(=O)c3cccc4ncccc34)CC2)C=CC1. The normalized spacial score (nSPS) is 22.4. The molecule has 7 nitrogen and oxygen atoms in total. The molecule has 2 aliphatic carbocycles. The van der Waals surface area contributed by atoms with Gasteiger partial charge in [-0.25, -0.2) is 13.1 Å². The summed E-state index contributed by atoms with van der Waals surface area (Å²) in [4.78, 5) is 17.4. The second-order valence-electron chi connectivity index (χ2n) is 8.23. The van der Waals surface area contributed by atoms with Crippen molar-refractivity contribution in [3.05, 3.63) is 60.3 Å². The zero-order valence-corrected chi connectivity index (χ0v) is 18.6. The molecular weight excluding hydrogens is 416 g/mol. The zero-order valence-electron chi connectivity index (χ0n) is 17.8. The van der Waals surface area contributed by atoms with Gasteiger partial charge >= 0.3 is 0 Å². The molecule has 0 saturated heterocycles. The number of nitrogens with one attached hydrogen (secondary N) is 1. The molecule has 164 valence electrons. The van der Waals surface area contributed by atoms with E-state index in [0.29, 0.717) is 35.7 Å². The first-order valence-corrected chi connectivity index (χ1v) is 11.7. The number of hydrogen-bond acceptors (Lipinski definition) is 6. The number of aromatic nitrogens is 1. The van der Waals surface area contributed by atoms with E-state index in [1.165, 1.54) is 6.07 Å². The van der Waals surface area contributed by atoms with Gasteiger partial charge in [-0.15, -0.1) is 0 Å². The summed E-state index contributed by atoms with van der Waals surface area (Å²) in [7, 11) is -2.51. The number of fused-ring (bicyclic) bond motifs is 1. The lowest BCUT2D eigenvalue weighted by Crippen LogP contribution is -2.40. The Hall–Kier alpha value is -2.55. The van der Waals surface area contributed by atoms with Crippen molar-refractivity contribution >= 4 is 26.8 Å². The summed E-state index contributed by atoms with van der Waals surface area (Å²) < 4.78 is 40.1. The van der Waals surface area contributed by atoms with E-state index in [2.05, 4.69) is 9.71 Å². The lowest BCUT2D eigenvalue weighted by atomic mass is 9.88. The smallest absolute Gasteiger partial charge is 0.264 e. The third-order valence-electron chi connectivity index (χ3n) is 5.72. The first-order valence-electron chi connectivity index (χ1n) is 10.3. The zero-order chi connectivity index (χ0) is 22.3. The van der Waals surface area contributed by atoms with Gasteiger partial charge in [0.1, 0.15) is 0 Å². The number of carbonyl (C=O) groups excluding carboxylic acids is 1. The van der Waals surface area contributed by atoms with Crippen molar-refractivity contribution in [3.8, 4) is 0 Å². The summed E-state index contributed by atoms with van der Waals surface area (Å²) in [5.41, 5.74) is 0.359. The van der Waals surface area contributed by atoms with Gasteiger partial charge in [0.2, 0.25) is 5.91 Å². The van der Waals surface area contributed by atoms with E-state index in [1.807, 2.05) is 32.1 Å². The second kappa shape index (κ2) is 7.85. The standard InChI is InChI=1S/C23H26N2O5S/c1-16(2)30-23(29-3)11-5-7-17(15-23)22(12-13-22)21(26)25-31(27,28)20-10-4-9-19-18(20)8-6-14-24-19/h4-10,14-16H,11-13H2,1-3H3,(H,25,26). The number of hydrogen-bond donors (Lipinski definition) is 1. The molecule has 1 atom stereocenters. The maximum absolute atomic E-state index is 13.2. The highest BCUT2D eigenvalue weighted by atomic mass is 32.2. The Bertz CT molecular complexity index is 1180. The Morgan fingerprint density at radius 2 is 1.97 bits per heavy atom. The molecule has 0 bridgehead atoms. The van der Waals surface area contributed by atoms with Crippen LogP contribution in [0.4, 0.5) is 0 Å². The van der Waals surface area contributed by atoms with Gasteiger partial charge in [-0.2, -0.15) is 0 Å². The Labute approximate surface area is 182 Å². The number of carbonyl (C=O) groups is 1. The van der Waals surface area contributed by atoms with Gasteiger partial charge in [0.05, 0.1) is 21.9 Å². The number of nitrogens with zero attached hydrogens (tertiary/aromatic N) is 1. The molecule has 0 spiro atoms. The molecule has 1 unspecified atom stereocenters. The summed E-state index contributed by atoms with van der Waals surface area (Å²) >= 11 is 0. The third kappa shape index (κ3) is 4.03. The second-order valence-corrected chi connectivity index (χ2v) is 9.88. The Balaban J connectivity index is 1.64. The average molecular weight is 443 g/mol. The molecule has 2 aliphatic rings. The fourth-order valence-corrected chi connectivity index (χ4v) is 5.29. The number of sulfonamides is 1. The molecule has 1 aromatic heterocycles. The number of allylic oxidation sites excluding steroid dienone is 1. The van der Waals surface area contributed by atoms with Crippen LogP contribution in [0.1, 0.15) is 33.1 Å². The van der Waals surface area contributed by atoms with Gasteiger partial charge in [0, 0.05) is 25.1 Å². The van der Waals surface area contributed by atoms with Crippen LogP contribution < -0.4 is 4.72 Å². The molecule has 1 fully saturated rings. The van der Waals surface area contributed by atoms with E-state index in [1.54, 1.807) is 37.6 Å². The fourth-order valence-electron chi connectivity index (χ4n) is 4.02. The maximum atomic E-state index is 13.2. The van der Waals surface area contributed by atoms with Gasteiger partial charge < -0.3 is 9.47 Å². The number of methoxy groups -OCH3 is 1. The lowest BCUT2D eigenvalue weighted by Gasteiger charge is -2.34. The molecule has 8 heteroatoms. The van der Waals surface area contributed by atoms with Crippen LogP contribution in [0, 0.1) is 5.41 Å². The van der Waals surface area contributed by atoms with E-state index in [0.717, 1.165) is 0 Å². The molecule has 1 heterocycles. The predicted molar refractivity (Wildman–Crippen MR) is 117 cm³/mol. The lowest BCUT2D eigenvalue weighted by molar-refractivity contribution is -0.206. The molecule has 1 aromatic carbocycles. The quantitative estimate of drug-likeness (QED) is 0.660. The maximum Gasteiger partial charge on any atom is 0.264 e. The minimum absolute atomic E-state index is 0.0322. The van der Waals surface area contributed by atoms with E-state index in [4.69, 9.17) is 9.47 Å². The van der Waals surface area contributed by atoms with Crippen LogP contribution in [-0.4, -0.2) is 38.3 Å². The minimum Gasteiger partial charge on any atom is -0.349 e. The van der Waals surface area contributed by atoms with Crippen LogP contribution in [0.3, 0.4) is 0 Å². The fraction of sp³-hybridized carbons (Fsp3) is 0.391. The number of ether oxygens (including phenoxy) is 2. The summed E-state index contributed by atoms with van der Waals surface area (Å²) in [5.74, 6) is -1.50. The van der Waals surface area contributed by atoms with Crippen LogP contribution in [0.15, 0.2) is 65.2 Å². The molecular formula is C23H26N2O5S. The van der Waals surface area contributed by atoms with Crippen molar-refractivity contribution in [2.45, 2.75) is 49.9 Å². The highest BCUT2D eigenvalue weighted by Crippen LogP contribution is 2.54. The van der Waals surface area contributed by atoms with Crippen LogP contribution in [0.5, 0.6) is 0 Å². The minimum atomic E-state index is -4.07. The Kier molecular flexibility index (Phi) is 5.49. The summed E-state index contributed by atoms with van der Waals surface area (Å²) in [6.45, 7) is 3.83. The van der Waals surface area contributed by atoms with Crippen molar-refractivity contribution in [1.29, 1.82) is 0 Å². The van der Waals surface area contributed by atoms with Crippen molar-refractivity contribution < 1.29 is 22.7 Å². The molecule has 4 rings (SSSR count). The topological polar surface area (TPSA) is 94.6 Å². The number of benzene rings is 1. The largest absolute Gasteiger partial charge is 0.349 e. The van der Waals surface area contributed by atoms with E-state index in [9.17, 15) is 13.2 Å². The predicted octanol–water partition coefficient (Wildman–Crippen LogP) is 3.47. The van der Waals surface area contributed by atoms with E-state index in [-0.39, 0.29) is 11.0 Å². The number of rotatable bonds is 7. The van der Waals surface area contributed by atoms with Crippen molar-refractivity contribution in [2.24, 2.45) is 5.41 Å². The van der Waals surface area contributed by atoms with Crippen LogP contribution in [-0.2, 0) is 24.3 Å². The molecule has 0 aliphatic heterocycles. The molecule has 1 N–H and O–H groups in total. The summed E-state index contributed by atoms with van der Waals surface area (Å²) in [6, 6.07) is 8.17. The number of amides is 1. The molecule has 1 saturated carbocycles. The first kappa shape index (κ1) is 21.7. The van der Waals surface area contributed by atoms with Gasteiger partial charge in [-0.05, 0) is 62.6 Å². The van der Waals surface area contributed by atoms with E-state index >= 15 is 0 Å². The van der Waals surface area contributed by atoms with Gasteiger partial charge in [-0.3, -0.25) is 9.78 Å². The molecule has 2 aromatic rings. The van der Waals surface area contributed by atoms with Crippen LogP contribution in [0.25, 0.3) is 10.9 Å². The van der Waals surface area contributed by atoms with Crippen LogP contribution in [0.2, 0.25) is 0 Å². The first-order chi connectivity index (χ1) is 14.7. The van der Waals surface area contributed by atoms with Crippen LogP contribution >= 0.6 is 0 Å². The number of pyridine rings is 1. The van der Waals surface area contributed by atoms with E-state index < -0.39 is 27.1 Å². The molecule has 0 radical (unpaired) electrons. The monoisotopic (exact) mass is 442 g/mol. The van der Waals surface area contributed by atoms with Gasteiger partial charge in [-0.1, -0.05) is 18.2 Å². The molecule has 1 amide bonds. The Morgan fingerprint density at radius 1 is 1.19 bits per heavy atom. The van der Waals surface area contributed by atoms with Crippen molar-refractivity contribution in [1.82, 2.24) is 9.71 Å². The van der Waals surface area contributed by atoms with Crippen molar-refractivity contribution in [3.63, 3.8) is 0 Å². The van der Waals surface area contributed by atoms with Gasteiger partial charge in [0.25, 0.3) is 10.0 Å². The third-order valence-corrected chi connectivity index (χ3v) is 7.10. The highest BCUT2D eigenvalue weighted by molar-refractivity contribution is 7.90.